The fourth-order valence-corrected chi connectivity index (χ4v) is 13.1. The van der Waals surface area contributed by atoms with Gasteiger partial charge in [0, 0.05) is 46.4 Å². The van der Waals surface area contributed by atoms with Crippen LogP contribution in [-0.4, -0.2) is 269 Å². The number of unbranched alkanes of at least 4 members (excludes halogenated alkanes) is 15. The number of esters is 2. The summed E-state index contributed by atoms with van der Waals surface area (Å²) in [6.07, 6.45) is -5.45. The molecule has 0 radical (unpaired) electrons. The molecule has 0 aromatic carbocycles. The van der Waals surface area contributed by atoms with E-state index >= 15 is 0 Å². The Kier molecular flexibility index (Phi) is 45.2. The molecule has 0 saturated carbocycles. The minimum absolute atomic E-state index is 0.0221. The Morgan fingerprint density at radius 3 is 1.62 bits per heavy atom. The number of ether oxygens (including phenoxy) is 10. The number of rotatable bonds is 52. The molecule has 32 nitrogen and oxygen atoms in total. The zero-order valence-corrected chi connectivity index (χ0v) is 62.2. The molecule has 0 aromatic heterocycles. The average Bonchev–Trinajstić information content (AvgIpc) is 0.765. The number of aliphatic hydroxyl groups excluding tert-OH is 10. The van der Waals surface area contributed by atoms with Crippen LogP contribution in [0, 0.1) is 5.92 Å². The number of carbonyl (C=O) groups excluding carboxylic acids is 5. The molecule has 0 bridgehead atoms. The van der Waals surface area contributed by atoms with Gasteiger partial charge in [-0.1, -0.05) is 115 Å². The molecule has 4 fully saturated rings. The van der Waals surface area contributed by atoms with Crippen LogP contribution in [0.4, 0.5) is 0 Å². The number of amides is 3. The third-order valence-electron chi connectivity index (χ3n) is 18.3. The second-order valence-corrected chi connectivity index (χ2v) is 28.5. The Hall–Kier alpha value is -3.78. The standard InChI is InChI=1S/C70H124N3O29P/c1-8-11-13-15-16-17-18-19-20-21-22-23-24-25-27-35-53(79)97-48(42-92-66(88)47(31-10-3)32-26-14-12-9-2)43-94-103(89,90-7)93-39-37-72-52(78)34-29-28-33-51(77)71-36-30-38-91-67-54(73-46(6)76)64(63(50(41-75)99-67)100-68-61(86)58(83)55(80)44(4)95-68)101-70-65(60(85)57(82)49(40-74)98-70)102-69-62(87)59(84)56(81)45(5)96-69/h10,19-20,31,44-45,47-50,54-65,67-70,74-75,80-87H,8-9,11-18,21-30,32-43H2,1-7H3,(H,71,77)(H,72,78)(H,73,76)/b20-19+,31-10-/t44?,45?,47?,48-,49?,50?,54?,55-,56-,57+,58?,59+,60+,61+,62?,63-,64-,65?,67-,68+,69+,70+,103?/m1/s1. The summed E-state index contributed by atoms with van der Waals surface area (Å²) in [6, 6.07) is -1.49. The van der Waals surface area contributed by atoms with Crippen LogP contribution in [0.1, 0.15) is 196 Å². The molecule has 4 aliphatic rings. The maximum absolute atomic E-state index is 13.6. The molecule has 4 saturated heterocycles. The number of phosphoric acid groups is 1. The van der Waals surface area contributed by atoms with Crippen molar-refractivity contribution in [1.82, 2.24) is 16.0 Å². The third-order valence-corrected chi connectivity index (χ3v) is 19.7. The van der Waals surface area contributed by atoms with Gasteiger partial charge in [-0.15, -0.1) is 0 Å². The van der Waals surface area contributed by atoms with E-state index in [4.69, 9.17) is 60.9 Å². The molecule has 0 aromatic rings. The van der Waals surface area contributed by atoms with Gasteiger partial charge in [-0.25, -0.2) is 4.57 Å². The van der Waals surface area contributed by atoms with Gasteiger partial charge in [0.2, 0.25) is 17.7 Å². The predicted octanol–water partition coefficient (Wildman–Crippen LogP) is 3.10. The smallest absolute Gasteiger partial charge is 0.461 e. The lowest BCUT2D eigenvalue weighted by atomic mass is 9.94. The largest absolute Gasteiger partial charge is 0.474 e. The Morgan fingerprint density at radius 2 is 1.06 bits per heavy atom. The summed E-state index contributed by atoms with van der Waals surface area (Å²) in [5.74, 6) is -2.99. The number of aliphatic hydroxyl groups is 10. The van der Waals surface area contributed by atoms with Crippen molar-refractivity contribution < 1.29 is 141 Å². The van der Waals surface area contributed by atoms with Crippen molar-refractivity contribution in [2.75, 3.05) is 59.8 Å². The van der Waals surface area contributed by atoms with E-state index in [9.17, 15) is 79.6 Å². The van der Waals surface area contributed by atoms with E-state index in [1.807, 2.05) is 6.92 Å². The highest BCUT2D eigenvalue weighted by molar-refractivity contribution is 7.48. The normalized spacial score (nSPS) is 30.9. The zero-order valence-electron chi connectivity index (χ0n) is 61.3. The van der Waals surface area contributed by atoms with Gasteiger partial charge in [0.15, 0.2) is 31.3 Å². The van der Waals surface area contributed by atoms with E-state index in [2.05, 4.69) is 41.9 Å². The molecule has 598 valence electrons. The second-order valence-electron chi connectivity index (χ2n) is 26.8. The summed E-state index contributed by atoms with van der Waals surface area (Å²) in [5, 5.41) is 116. The molecule has 13 N–H and O–H groups in total. The Bertz CT molecular complexity index is 2490. The molecule has 4 aliphatic heterocycles. The molecule has 0 spiro atoms. The summed E-state index contributed by atoms with van der Waals surface area (Å²) >= 11 is 0. The zero-order chi connectivity index (χ0) is 75.9. The van der Waals surface area contributed by atoms with E-state index in [1.165, 1.54) is 52.4 Å². The first-order valence-corrected chi connectivity index (χ1v) is 38.6. The maximum Gasteiger partial charge on any atom is 0.474 e. The number of hydrogen-bond donors (Lipinski definition) is 13. The average molecular weight is 1500 g/mol. The number of allylic oxidation sites excluding steroid dienone is 3. The quantitative estimate of drug-likeness (QED) is 0.0180. The van der Waals surface area contributed by atoms with Crippen molar-refractivity contribution in [3.63, 3.8) is 0 Å². The summed E-state index contributed by atoms with van der Waals surface area (Å²) < 4.78 is 89.1. The summed E-state index contributed by atoms with van der Waals surface area (Å²) in [5.41, 5.74) is 0. The highest BCUT2D eigenvalue weighted by atomic mass is 31.2. The number of nitrogens with one attached hydrogen (secondary N) is 3. The first-order valence-electron chi connectivity index (χ1n) is 37.1. The van der Waals surface area contributed by atoms with Crippen LogP contribution in [0.2, 0.25) is 0 Å². The molecule has 0 aliphatic carbocycles. The molecule has 10 unspecified atom stereocenters. The lowest BCUT2D eigenvalue weighted by molar-refractivity contribution is -0.391. The van der Waals surface area contributed by atoms with Crippen LogP contribution in [0.15, 0.2) is 24.3 Å². The van der Waals surface area contributed by atoms with Gasteiger partial charge in [0.05, 0.1) is 51.2 Å². The van der Waals surface area contributed by atoms with Crippen LogP contribution >= 0.6 is 7.82 Å². The molecule has 3 amide bonds. The topological polar surface area (TPSA) is 461 Å². The van der Waals surface area contributed by atoms with Gasteiger partial charge in [-0.2, -0.15) is 0 Å². The van der Waals surface area contributed by atoms with Crippen molar-refractivity contribution in [3.8, 4) is 0 Å². The summed E-state index contributed by atoms with van der Waals surface area (Å²) in [7, 11) is -3.18. The predicted molar refractivity (Wildman–Crippen MR) is 369 cm³/mol. The lowest BCUT2D eigenvalue weighted by Gasteiger charge is -2.51. The van der Waals surface area contributed by atoms with Crippen molar-refractivity contribution >= 4 is 37.5 Å². The first kappa shape index (κ1) is 91.6. The summed E-state index contributed by atoms with van der Waals surface area (Å²) in [6.45, 7) is 6.83. The Morgan fingerprint density at radius 1 is 0.534 bits per heavy atom. The Balaban J connectivity index is 1.27. The molecule has 23 atom stereocenters. The molecule has 4 rings (SSSR count). The van der Waals surface area contributed by atoms with Crippen LogP contribution in [0.5, 0.6) is 0 Å². The van der Waals surface area contributed by atoms with Gasteiger partial charge >= 0.3 is 19.8 Å². The lowest BCUT2D eigenvalue weighted by Crippen LogP contribution is -2.70. The van der Waals surface area contributed by atoms with Crippen LogP contribution in [-0.2, 0) is 89.5 Å². The fraction of sp³-hybridized carbons (Fsp3) is 0.871. The maximum atomic E-state index is 13.6. The van der Waals surface area contributed by atoms with Crippen LogP contribution in [0.25, 0.3) is 0 Å². The van der Waals surface area contributed by atoms with Gasteiger partial charge in [-0.05, 0) is 78.6 Å². The minimum atomic E-state index is -4.29. The molecule has 33 heteroatoms. The van der Waals surface area contributed by atoms with Crippen molar-refractivity contribution in [1.29, 1.82) is 0 Å². The van der Waals surface area contributed by atoms with Gasteiger partial charge in [0.25, 0.3) is 0 Å². The SMILES string of the molecule is C/C=C\C(CCCCCC)C(=O)OC[C@H](COP(=O)(OC)OCCNC(=O)CCCCC(=O)NCCCO[C@@H]1OC(CO)[C@@H](O[C@@H]2OC(C)[C@@H](O)C(O)[C@@H]2O)[C@H](O[C@@H]2OC(CO)[C@H](O)[C@H](O)C2O[C@@H]2OC(C)[C@@H](O)[C@H](O)C2O)C1NC(C)=O)OC(=O)CCCCCCC/C=C/CCCCCCCC. The van der Waals surface area contributed by atoms with Crippen molar-refractivity contribution in [2.24, 2.45) is 5.92 Å². The van der Waals surface area contributed by atoms with Gasteiger partial charge < -0.3 is 114 Å². The Labute approximate surface area is 606 Å². The first-order chi connectivity index (χ1) is 49.4. The van der Waals surface area contributed by atoms with Crippen molar-refractivity contribution in [2.45, 2.75) is 325 Å². The number of phosphoric ester groups is 1. The van der Waals surface area contributed by atoms with Crippen molar-refractivity contribution in [3.05, 3.63) is 24.3 Å². The highest BCUT2D eigenvalue weighted by Crippen LogP contribution is 2.48. The van der Waals surface area contributed by atoms with E-state index in [0.29, 0.717) is 25.7 Å². The van der Waals surface area contributed by atoms with Crippen LogP contribution in [0.3, 0.4) is 0 Å². The van der Waals surface area contributed by atoms with E-state index in [1.54, 1.807) is 12.2 Å². The third kappa shape index (κ3) is 32.5. The van der Waals surface area contributed by atoms with Gasteiger partial charge in [0.1, 0.15) is 92.0 Å². The molecular weight excluding hydrogens is 1380 g/mol. The summed E-state index contributed by atoms with van der Waals surface area (Å²) in [4.78, 5) is 65.1. The van der Waals surface area contributed by atoms with Crippen LogP contribution < -0.4 is 16.0 Å². The van der Waals surface area contributed by atoms with E-state index in [-0.39, 0.29) is 64.5 Å². The van der Waals surface area contributed by atoms with E-state index in [0.717, 1.165) is 78.2 Å². The molecule has 4 heterocycles. The van der Waals surface area contributed by atoms with E-state index < -0.39 is 186 Å². The second kappa shape index (κ2) is 50.8. The monoisotopic (exact) mass is 1500 g/mol. The molecule has 103 heavy (non-hydrogen) atoms. The van der Waals surface area contributed by atoms with Gasteiger partial charge in [-0.3, -0.25) is 37.5 Å². The minimum Gasteiger partial charge on any atom is -0.461 e. The highest BCUT2D eigenvalue weighted by Gasteiger charge is 2.56. The number of hydrogen-bond acceptors (Lipinski definition) is 29. The number of carbonyl (C=O) groups is 5. The molecular formula is C70H124N3O29P. The fourth-order valence-electron chi connectivity index (χ4n) is 12.1.